The molecule has 5 rings (SSSR count). The topological polar surface area (TPSA) is 87.0 Å². The predicted octanol–water partition coefficient (Wildman–Crippen LogP) is 7.15. The number of hydrogen-bond acceptors (Lipinski definition) is 4. The number of nitrogens with zero attached hydrogens (tertiary/aromatic N) is 1. The van der Waals surface area contributed by atoms with Crippen LogP contribution in [0.15, 0.2) is 64.4 Å². The van der Waals surface area contributed by atoms with Gasteiger partial charge in [-0.15, -0.1) is 0 Å². The van der Waals surface area contributed by atoms with E-state index in [1.807, 2.05) is 6.08 Å². The quantitative estimate of drug-likeness (QED) is 0.336. The molecule has 4 atom stereocenters. The van der Waals surface area contributed by atoms with E-state index in [1.54, 1.807) is 24.3 Å². The van der Waals surface area contributed by atoms with Crippen LogP contribution >= 0.6 is 11.6 Å². The van der Waals surface area contributed by atoms with Crippen molar-refractivity contribution in [3.8, 4) is 6.07 Å². The van der Waals surface area contributed by atoms with E-state index in [2.05, 4.69) is 17.5 Å². The molecule has 0 aliphatic heterocycles. The number of rotatable bonds is 8. The second-order valence-electron chi connectivity index (χ2n) is 11.7. The van der Waals surface area contributed by atoms with Gasteiger partial charge < -0.3 is 5.32 Å². The fourth-order valence-electron chi connectivity index (χ4n) is 6.57. The normalized spacial score (nSPS) is 28.4. The minimum atomic E-state index is -3.70. The van der Waals surface area contributed by atoms with Crippen molar-refractivity contribution >= 4 is 27.3 Å². The maximum atomic E-state index is 13.6. The number of carbonyl (C=O) groups is 1. The van der Waals surface area contributed by atoms with Crippen LogP contribution in [-0.2, 0) is 14.6 Å². The van der Waals surface area contributed by atoms with E-state index in [0.29, 0.717) is 31.6 Å². The van der Waals surface area contributed by atoms with Gasteiger partial charge in [-0.2, -0.15) is 5.26 Å². The Bertz CT molecular complexity index is 1360. The molecule has 1 amide bonds. The first-order chi connectivity index (χ1) is 18.7. The Morgan fingerprint density at radius 3 is 2.62 bits per heavy atom. The average Bonchev–Trinajstić information content (AvgIpc) is 3.62. The molecule has 0 heterocycles. The molecule has 4 aliphatic carbocycles. The van der Waals surface area contributed by atoms with Crippen LogP contribution in [0.1, 0.15) is 77.0 Å². The Morgan fingerprint density at radius 1 is 1.13 bits per heavy atom. The highest BCUT2D eigenvalue weighted by Gasteiger charge is 2.49. The summed E-state index contributed by atoms with van der Waals surface area (Å²) in [5, 5.41) is 11.9. The van der Waals surface area contributed by atoms with Crippen LogP contribution in [0.5, 0.6) is 0 Å². The van der Waals surface area contributed by atoms with Gasteiger partial charge >= 0.3 is 0 Å². The number of nitrogens with one attached hydrogen (secondary N) is 1. The molecule has 1 N–H and O–H groups in total. The van der Waals surface area contributed by atoms with Gasteiger partial charge in [0.05, 0.1) is 21.2 Å². The van der Waals surface area contributed by atoms with Crippen molar-refractivity contribution in [1.29, 1.82) is 5.26 Å². The maximum Gasteiger partial charge on any atom is 0.224 e. The summed E-state index contributed by atoms with van der Waals surface area (Å²) in [5.74, 6) is -0.310. The molecule has 0 aromatic heterocycles. The molecule has 4 unspecified atom stereocenters. The lowest BCUT2D eigenvalue weighted by atomic mass is 9.85. The molecule has 5 nitrogen and oxygen atoms in total. The summed E-state index contributed by atoms with van der Waals surface area (Å²) in [7, 11) is -3.70. The fraction of sp³-hybridized carbons (Fsp3) is 0.548. The zero-order chi connectivity index (χ0) is 27.6. The van der Waals surface area contributed by atoms with Gasteiger partial charge in [0.1, 0.15) is 11.4 Å². The smallest absolute Gasteiger partial charge is 0.224 e. The molecule has 0 bridgehead atoms. The number of amides is 1. The Morgan fingerprint density at radius 2 is 1.92 bits per heavy atom. The average molecular weight is 571 g/mol. The summed E-state index contributed by atoms with van der Waals surface area (Å²) < 4.78 is 40.6. The Hall–Kier alpha value is -2.43. The van der Waals surface area contributed by atoms with Crippen molar-refractivity contribution in [2.75, 3.05) is 0 Å². The number of benzene rings is 1. The van der Waals surface area contributed by atoms with Crippen LogP contribution < -0.4 is 5.32 Å². The molecule has 1 aromatic rings. The Kier molecular flexibility index (Phi) is 8.35. The summed E-state index contributed by atoms with van der Waals surface area (Å²) >= 11 is 6.26. The van der Waals surface area contributed by atoms with Gasteiger partial charge in [0.25, 0.3) is 0 Å². The molecule has 208 valence electrons. The predicted molar refractivity (Wildman–Crippen MR) is 150 cm³/mol. The molecule has 0 spiro atoms. The number of carbonyl (C=O) groups excluding carboxylic acids is 1. The lowest BCUT2D eigenvalue weighted by Gasteiger charge is -2.22. The van der Waals surface area contributed by atoms with Crippen molar-refractivity contribution in [2.24, 2.45) is 17.8 Å². The highest BCUT2D eigenvalue weighted by Crippen LogP contribution is 2.44. The van der Waals surface area contributed by atoms with Crippen LogP contribution in [0.3, 0.4) is 0 Å². The van der Waals surface area contributed by atoms with E-state index in [4.69, 9.17) is 11.6 Å². The van der Waals surface area contributed by atoms with E-state index < -0.39 is 26.5 Å². The van der Waals surface area contributed by atoms with Gasteiger partial charge in [-0.05, 0) is 101 Å². The monoisotopic (exact) mass is 570 g/mol. The van der Waals surface area contributed by atoms with E-state index >= 15 is 0 Å². The van der Waals surface area contributed by atoms with Crippen LogP contribution in [0, 0.1) is 29.1 Å². The summed E-state index contributed by atoms with van der Waals surface area (Å²) in [5.41, 5.74) is 1.92. The molecule has 0 saturated heterocycles. The molecule has 2 fully saturated rings. The molecule has 0 radical (unpaired) electrons. The number of sulfone groups is 1. The van der Waals surface area contributed by atoms with E-state index in [9.17, 15) is 22.9 Å². The van der Waals surface area contributed by atoms with E-state index in [-0.39, 0.29) is 34.0 Å². The van der Waals surface area contributed by atoms with Gasteiger partial charge in [0.15, 0.2) is 9.84 Å². The third-order valence-corrected chi connectivity index (χ3v) is 11.8. The van der Waals surface area contributed by atoms with Crippen molar-refractivity contribution < 1.29 is 17.6 Å². The van der Waals surface area contributed by atoms with Crippen molar-refractivity contribution in [1.82, 2.24) is 5.32 Å². The van der Waals surface area contributed by atoms with Crippen molar-refractivity contribution in [3.05, 3.63) is 64.5 Å². The molecule has 2 saturated carbocycles. The molecule has 1 aromatic carbocycles. The largest absolute Gasteiger partial charge is 0.338 e. The maximum absolute atomic E-state index is 13.6. The number of hydrogen-bond donors (Lipinski definition) is 1. The second-order valence-corrected chi connectivity index (χ2v) is 14.3. The van der Waals surface area contributed by atoms with E-state index in [1.165, 1.54) is 17.2 Å². The fourth-order valence-corrected chi connectivity index (χ4v) is 8.96. The second kappa shape index (κ2) is 11.6. The summed E-state index contributed by atoms with van der Waals surface area (Å²) in [6.45, 7) is 0. The van der Waals surface area contributed by atoms with Crippen LogP contribution in [-0.4, -0.2) is 25.1 Å². The highest BCUT2D eigenvalue weighted by atomic mass is 35.5. The van der Waals surface area contributed by atoms with Crippen molar-refractivity contribution in [3.63, 3.8) is 0 Å². The highest BCUT2D eigenvalue weighted by molar-refractivity contribution is 7.92. The van der Waals surface area contributed by atoms with Gasteiger partial charge in [-0.1, -0.05) is 47.0 Å². The zero-order valence-electron chi connectivity index (χ0n) is 22.2. The molecular weight excluding hydrogens is 535 g/mol. The minimum absolute atomic E-state index is 0.0430. The molecular formula is C31H36ClFN2O3S. The first kappa shape index (κ1) is 28.1. The zero-order valence-corrected chi connectivity index (χ0v) is 23.7. The summed E-state index contributed by atoms with van der Waals surface area (Å²) in [6, 6.07) is 8.70. The van der Waals surface area contributed by atoms with E-state index in [0.717, 1.165) is 44.9 Å². The molecule has 8 heteroatoms. The number of halogens is 2. The number of nitriles is 1. The van der Waals surface area contributed by atoms with Gasteiger partial charge in [0.2, 0.25) is 5.91 Å². The molecule has 39 heavy (non-hydrogen) atoms. The first-order valence-electron chi connectivity index (χ1n) is 14.2. The third-order valence-electron chi connectivity index (χ3n) is 9.15. The third kappa shape index (κ3) is 6.33. The van der Waals surface area contributed by atoms with Gasteiger partial charge in [-0.3, -0.25) is 4.79 Å². The standard InChI is InChI=1S/C31H36ClFN2O3S/c32-28-6-1-2-7-29(28)39(37,38)26-18-24(27(19-26)30(36)35-31(20-34)16-17-31)11-9-21-4-3-5-22(10-8-21)23-12-14-25(33)15-13-23/h1-2,4,6-7,12,14,22,24,26-27H,3,5,8-11,13,15-19H2,(H,35,36). The van der Waals surface area contributed by atoms with Crippen molar-refractivity contribution in [2.45, 2.75) is 92.7 Å². The lowest BCUT2D eigenvalue weighted by molar-refractivity contribution is -0.126. The van der Waals surface area contributed by atoms with Gasteiger partial charge in [-0.25, -0.2) is 12.8 Å². The lowest BCUT2D eigenvalue weighted by Crippen LogP contribution is -2.41. The van der Waals surface area contributed by atoms with Crippen LogP contribution in [0.4, 0.5) is 4.39 Å². The minimum Gasteiger partial charge on any atom is -0.338 e. The first-order valence-corrected chi connectivity index (χ1v) is 16.1. The van der Waals surface area contributed by atoms with Crippen LogP contribution in [0.25, 0.3) is 0 Å². The van der Waals surface area contributed by atoms with Gasteiger partial charge in [0, 0.05) is 12.3 Å². The Labute approximate surface area is 236 Å². The molecule has 4 aliphatic rings. The number of allylic oxidation sites excluding steroid dienone is 6. The SMILES string of the molecule is N#CC1(NC(=O)C2CC(S(=O)(=O)c3ccccc3Cl)CC2CCC2=CCCC(C3=CC=C(F)CC3)CC2)CC1. The summed E-state index contributed by atoms with van der Waals surface area (Å²) in [4.78, 5) is 13.5. The summed E-state index contributed by atoms with van der Waals surface area (Å²) in [6.07, 6.45) is 14.7. The van der Waals surface area contributed by atoms with Crippen LogP contribution in [0.2, 0.25) is 5.02 Å². The Balaban J connectivity index is 1.27.